The van der Waals surface area contributed by atoms with E-state index in [0.29, 0.717) is 12.2 Å². The monoisotopic (exact) mass is 263 g/mol. The van der Waals surface area contributed by atoms with Gasteiger partial charge in [-0.05, 0) is 25.1 Å². The highest BCUT2D eigenvalue weighted by molar-refractivity contribution is 5.38. The average Bonchev–Trinajstić information content (AvgIpc) is 2.29. The number of nitrogens with zero attached hydrogens (tertiary/aromatic N) is 1. The van der Waals surface area contributed by atoms with E-state index in [0.717, 1.165) is 5.56 Å². The maximum Gasteiger partial charge on any atom is 0.411 e. The van der Waals surface area contributed by atoms with Gasteiger partial charge in [-0.15, -0.1) is 0 Å². The number of aromatic nitrogens is 1. The van der Waals surface area contributed by atoms with E-state index in [9.17, 15) is 13.2 Å². The molecule has 1 atom stereocenters. The molecule has 0 aliphatic heterocycles. The number of pyridine rings is 1. The highest BCUT2D eigenvalue weighted by Gasteiger charge is 2.27. The van der Waals surface area contributed by atoms with Gasteiger partial charge in [-0.2, -0.15) is 13.2 Å². The molecule has 1 aromatic heterocycles. The number of nitrogen functional groups attached to an aromatic ring is 1. The lowest BCUT2D eigenvalue weighted by Gasteiger charge is -2.17. The summed E-state index contributed by atoms with van der Waals surface area (Å²) in [5.74, 6) is 0.383. The minimum Gasteiger partial charge on any atom is -0.383 e. The minimum atomic E-state index is -4.30. The second kappa shape index (κ2) is 6.55. The third-order valence-electron chi connectivity index (χ3n) is 2.39. The van der Waals surface area contributed by atoms with Crippen LogP contribution >= 0.6 is 0 Å². The lowest BCUT2D eigenvalue weighted by molar-refractivity contribution is -0.175. The van der Waals surface area contributed by atoms with Gasteiger partial charge in [0.15, 0.2) is 0 Å². The highest BCUT2D eigenvalue weighted by Crippen LogP contribution is 2.15. The number of hydrogen-bond acceptors (Lipinski definition) is 4. The molecular formula is C11H16F3N3O. The van der Waals surface area contributed by atoms with Crippen LogP contribution in [-0.4, -0.2) is 37.5 Å². The van der Waals surface area contributed by atoms with Crippen molar-refractivity contribution in [1.82, 2.24) is 10.3 Å². The van der Waals surface area contributed by atoms with Crippen LogP contribution in [0.3, 0.4) is 0 Å². The minimum absolute atomic E-state index is 0.0374. The molecule has 3 N–H and O–H groups in total. The van der Waals surface area contributed by atoms with Crippen molar-refractivity contribution in [2.24, 2.45) is 0 Å². The van der Waals surface area contributed by atoms with Crippen LogP contribution in [0.1, 0.15) is 5.56 Å². The Bertz CT molecular complexity index is 371. The number of likely N-dealkylation sites (N-methyl/N-ethyl adjacent to an activating group) is 1. The summed E-state index contributed by atoms with van der Waals surface area (Å²) in [7, 11) is 1.66. The van der Waals surface area contributed by atoms with E-state index in [2.05, 4.69) is 15.0 Å². The first kappa shape index (κ1) is 14.7. The lowest BCUT2D eigenvalue weighted by Crippen LogP contribution is -2.34. The Morgan fingerprint density at radius 1 is 1.50 bits per heavy atom. The molecule has 0 aliphatic rings. The number of anilines is 1. The molecule has 102 valence electrons. The summed E-state index contributed by atoms with van der Waals surface area (Å²) in [6.07, 6.45) is -2.27. The number of rotatable bonds is 6. The molecular weight excluding hydrogens is 247 g/mol. The van der Waals surface area contributed by atoms with Crippen molar-refractivity contribution in [2.45, 2.75) is 18.6 Å². The van der Waals surface area contributed by atoms with Crippen molar-refractivity contribution < 1.29 is 17.9 Å². The van der Waals surface area contributed by atoms with Gasteiger partial charge in [0.05, 0.1) is 6.61 Å². The fourth-order valence-electron chi connectivity index (χ4n) is 1.45. The summed E-state index contributed by atoms with van der Waals surface area (Å²) in [5, 5.41) is 2.89. The van der Waals surface area contributed by atoms with Gasteiger partial charge < -0.3 is 15.8 Å². The second-order valence-corrected chi connectivity index (χ2v) is 3.87. The topological polar surface area (TPSA) is 60.2 Å². The van der Waals surface area contributed by atoms with Crippen LogP contribution in [0.5, 0.6) is 0 Å². The smallest absolute Gasteiger partial charge is 0.383 e. The zero-order valence-corrected chi connectivity index (χ0v) is 10.00. The first-order valence-electron chi connectivity index (χ1n) is 5.43. The molecule has 0 aliphatic carbocycles. The molecule has 0 amide bonds. The molecule has 0 spiro atoms. The van der Waals surface area contributed by atoms with E-state index in [4.69, 9.17) is 5.73 Å². The summed E-state index contributed by atoms with van der Waals surface area (Å²) in [6, 6.07) is 3.28. The van der Waals surface area contributed by atoms with E-state index in [-0.39, 0.29) is 12.6 Å². The van der Waals surface area contributed by atoms with Crippen LogP contribution in [0.4, 0.5) is 19.0 Å². The van der Waals surface area contributed by atoms with E-state index in [1.54, 1.807) is 25.4 Å². The van der Waals surface area contributed by atoms with Gasteiger partial charge in [0.1, 0.15) is 12.4 Å². The predicted molar refractivity (Wildman–Crippen MR) is 62.1 cm³/mol. The highest BCUT2D eigenvalue weighted by atomic mass is 19.4. The summed E-state index contributed by atoms with van der Waals surface area (Å²) in [5.41, 5.74) is 6.45. The predicted octanol–water partition coefficient (Wildman–Crippen LogP) is 1.37. The normalized spacial score (nSPS) is 13.6. The van der Waals surface area contributed by atoms with Gasteiger partial charge in [-0.25, -0.2) is 4.98 Å². The van der Waals surface area contributed by atoms with Gasteiger partial charge in [0.25, 0.3) is 0 Å². The van der Waals surface area contributed by atoms with Crippen LogP contribution in [0.15, 0.2) is 18.3 Å². The Hall–Kier alpha value is -1.34. The lowest BCUT2D eigenvalue weighted by atomic mass is 10.1. The van der Waals surface area contributed by atoms with Gasteiger partial charge in [-0.1, -0.05) is 6.07 Å². The Morgan fingerprint density at radius 3 is 2.78 bits per heavy atom. The summed E-state index contributed by atoms with van der Waals surface area (Å²) >= 11 is 0. The van der Waals surface area contributed by atoms with Crippen molar-refractivity contribution in [2.75, 3.05) is 26.0 Å². The average molecular weight is 263 g/mol. The molecule has 7 heteroatoms. The third kappa shape index (κ3) is 5.33. The first-order valence-corrected chi connectivity index (χ1v) is 5.43. The summed E-state index contributed by atoms with van der Waals surface area (Å²) in [6.45, 7) is -1.28. The summed E-state index contributed by atoms with van der Waals surface area (Å²) < 4.78 is 40.4. The molecule has 0 saturated carbocycles. The fourth-order valence-corrected chi connectivity index (χ4v) is 1.45. The maximum atomic E-state index is 11.9. The fraction of sp³-hybridized carbons (Fsp3) is 0.545. The first-order chi connectivity index (χ1) is 8.42. The van der Waals surface area contributed by atoms with Crippen LogP contribution in [-0.2, 0) is 11.2 Å². The molecule has 0 radical (unpaired) electrons. The quantitative estimate of drug-likeness (QED) is 0.814. The summed E-state index contributed by atoms with van der Waals surface area (Å²) in [4.78, 5) is 3.92. The second-order valence-electron chi connectivity index (χ2n) is 3.87. The number of halogens is 3. The number of nitrogens with two attached hydrogens (primary N) is 1. The zero-order chi connectivity index (χ0) is 13.6. The number of nitrogens with one attached hydrogen (secondary N) is 1. The number of hydrogen-bond donors (Lipinski definition) is 2. The molecule has 1 unspecified atom stereocenters. The third-order valence-corrected chi connectivity index (χ3v) is 2.39. The molecule has 18 heavy (non-hydrogen) atoms. The molecule has 0 saturated heterocycles. The van der Waals surface area contributed by atoms with E-state index in [1.807, 2.05) is 0 Å². The van der Waals surface area contributed by atoms with Gasteiger partial charge in [-0.3, -0.25) is 0 Å². The number of alkyl halides is 3. The molecule has 1 aromatic rings. The van der Waals surface area contributed by atoms with Crippen LogP contribution < -0.4 is 11.1 Å². The molecule has 0 bridgehead atoms. The Labute approximate surface area is 103 Å². The standard InChI is InChI=1S/C11H16F3N3O/c1-16-9(6-18-7-11(12,13)14)5-8-3-2-4-17-10(8)15/h2-4,9,16H,5-7H2,1H3,(H2,15,17). The molecule has 1 rings (SSSR count). The maximum absolute atomic E-state index is 11.9. The molecule has 1 heterocycles. The Kier molecular flexibility index (Phi) is 5.36. The SMILES string of the molecule is CNC(COCC(F)(F)F)Cc1cccnc1N. The van der Waals surface area contributed by atoms with E-state index >= 15 is 0 Å². The Balaban J connectivity index is 2.45. The van der Waals surface area contributed by atoms with Crippen molar-refractivity contribution in [3.05, 3.63) is 23.9 Å². The van der Waals surface area contributed by atoms with Crippen molar-refractivity contribution in [3.8, 4) is 0 Å². The largest absolute Gasteiger partial charge is 0.411 e. The van der Waals surface area contributed by atoms with Crippen molar-refractivity contribution >= 4 is 5.82 Å². The molecule has 0 fully saturated rings. The van der Waals surface area contributed by atoms with Gasteiger partial charge in [0, 0.05) is 12.2 Å². The van der Waals surface area contributed by atoms with Crippen LogP contribution in [0, 0.1) is 0 Å². The van der Waals surface area contributed by atoms with Gasteiger partial charge >= 0.3 is 6.18 Å². The van der Waals surface area contributed by atoms with E-state index in [1.165, 1.54) is 0 Å². The molecule has 0 aromatic carbocycles. The molecule has 4 nitrogen and oxygen atoms in total. The van der Waals surface area contributed by atoms with Crippen molar-refractivity contribution in [1.29, 1.82) is 0 Å². The van der Waals surface area contributed by atoms with Crippen LogP contribution in [0.25, 0.3) is 0 Å². The number of ether oxygens (including phenoxy) is 1. The van der Waals surface area contributed by atoms with Crippen LogP contribution in [0.2, 0.25) is 0 Å². The van der Waals surface area contributed by atoms with Crippen molar-refractivity contribution in [3.63, 3.8) is 0 Å². The Morgan fingerprint density at radius 2 is 2.22 bits per heavy atom. The van der Waals surface area contributed by atoms with E-state index < -0.39 is 12.8 Å². The van der Waals surface area contributed by atoms with Gasteiger partial charge in [0.2, 0.25) is 0 Å². The zero-order valence-electron chi connectivity index (χ0n) is 10.00.